The van der Waals surface area contributed by atoms with E-state index in [-0.39, 0.29) is 6.42 Å². The van der Waals surface area contributed by atoms with Crippen molar-refractivity contribution in [2.75, 3.05) is 32.8 Å². The highest BCUT2D eigenvalue weighted by Gasteiger charge is 2.25. The summed E-state index contributed by atoms with van der Waals surface area (Å²) in [5, 5.41) is 0. The maximum absolute atomic E-state index is 13.2. The van der Waals surface area contributed by atoms with Gasteiger partial charge < -0.3 is 10.5 Å². The molecule has 0 unspecified atom stereocenters. The normalized spacial score (nSPS) is 18.7. The number of carbonyl (C=O) groups excluding carboxylic acids is 1. The average Bonchev–Trinajstić information content (AvgIpc) is 2.28. The van der Waals surface area contributed by atoms with Gasteiger partial charge in [-0.25, -0.2) is 8.78 Å². The molecule has 17 heavy (non-hydrogen) atoms. The van der Waals surface area contributed by atoms with E-state index in [1.54, 1.807) is 0 Å². The van der Waals surface area contributed by atoms with Crippen molar-refractivity contribution >= 4 is 5.91 Å². The third-order valence-corrected chi connectivity index (χ3v) is 2.58. The molecule has 1 fully saturated rings. The van der Waals surface area contributed by atoms with E-state index >= 15 is 0 Å². The van der Waals surface area contributed by atoms with Crippen molar-refractivity contribution in [1.82, 2.24) is 4.90 Å². The van der Waals surface area contributed by atoms with E-state index in [4.69, 9.17) is 10.5 Å². The third-order valence-electron chi connectivity index (χ3n) is 2.58. The van der Waals surface area contributed by atoms with E-state index in [1.807, 2.05) is 0 Å². The van der Waals surface area contributed by atoms with E-state index in [1.165, 1.54) is 0 Å². The van der Waals surface area contributed by atoms with E-state index in [9.17, 15) is 13.6 Å². The Morgan fingerprint density at radius 2 is 2.06 bits per heavy atom. The van der Waals surface area contributed by atoms with E-state index in [2.05, 4.69) is 4.90 Å². The second-order valence-electron chi connectivity index (χ2n) is 4.05. The molecule has 1 saturated heterocycles. The van der Waals surface area contributed by atoms with Gasteiger partial charge in [-0.05, 0) is 19.0 Å². The summed E-state index contributed by atoms with van der Waals surface area (Å²) >= 11 is 0. The van der Waals surface area contributed by atoms with Crippen LogP contribution in [0.3, 0.4) is 0 Å². The van der Waals surface area contributed by atoms with Crippen LogP contribution in [-0.4, -0.2) is 49.6 Å². The molecule has 1 aliphatic rings. The molecule has 1 rings (SSSR count). The SMILES string of the molecule is NC(=O)C=CC(F)(F)CCCN1CCOCC1. The molecule has 0 aromatic carbocycles. The van der Waals surface area contributed by atoms with Crippen molar-refractivity contribution in [2.24, 2.45) is 5.73 Å². The number of alkyl halides is 2. The monoisotopic (exact) mass is 248 g/mol. The number of nitrogens with zero attached hydrogens (tertiary/aromatic N) is 1. The molecule has 98 valence electrons. The molecule has 4 nitrogen and oxygen atoms in total. The molecule has 0 aromatic rings. The largest absolute Gasteiger partial charge is 0.379 e. The first-order valence-corrected chi connectivity index (χ1v) is 5.66. The number of nitrogens with two attached hydrogens (primary N) is 1. The van der Waals surface area contributed by atoms with Crippen LogP contribution < -0.4 is 5.73 Å². The number of hydrogen-bond donors (Lipinski definition) is 1. The Kier molecular flexibility index (Phi) is 5.50. The minimum absolute atomic E-state index is 0.270. The van der Waals surface area contributed by atoms with Gasteiger partial charge in [0.05, 0.1) is 13.2 Å². The lowest BCUT2D eigenvalue weighted by Gasteiger charge is -2.26. The van der Waals surface area contributed by atoms with Gasteiger partial charge in [-0.1, -0.05) is 0 Å². The van der Waals surface area contributed by atoms with Gasteiger partial charge in [0.1, 0.15) is 0 Å². The molecule has 0 aliphatic carbocycles. The van der Waals surface area contributed by atoms with Gasteiger partial charge in [-0.2, -0.15) is 0 Å². The van der Waals surface area contributed by atoms with Crippen molar-refractivity contribution in [3.8, 4) is 0 Å². The summed E-state index contributed by atoms with van der Waals surface area (Å²) in [6.45, 7) is 3.55. The molecular formula is C11H18F2N2O2. The highest BCUT2D eigenvalue weighted by molar-refractivity contribution is 5.85. The van der Waals surface area contributed by atoms with Gasteiger partial charge in [-0.15, -0.1) is 0 Å². The van der Waals surface area contributed by atoms with Crippen LogP contribution in [-0.2, 0) is 9.53 Å². The van der Waals surface area contributed by atoms with Crippen LogP contribution in [0.2, 0.25) is 0 Å². The summed E-state index contributed by atoms with van der Waals surface area (Å²) in [7, 11) is 0. The molecule has 0 spiro atoms. The minimum Gasteiger partial charge on any atom is -0.379 e. The maximum atomic E-state index is 13.2. The van der Waals surface area contributed by atoms with Gasteiger partial charge in [-0.3, -0.25) is 9.69 Å². The summed E-state index contributed by atoms with van der Waals surface area (Å²) in [4.78, 5) is 12.4. The van der Waals surface area contributed by atoms with Crippen molar-refractivity contribution < 1.29 is 18.3 Å². The second-order valence-corrected chi connectivity index (χ2v) is 4.05. The lowest BCUT2D eigenvalue weighted by molar-refractivity contribution is -0.113. The van der Waals surface area contributed by atoms with E-state index in [0.717, 1.165) is 13.1 Å². The number of rotatable bonds is 6. The van der Waals surface area contributed by atoms with E-state index in [0.29, 0.717) is 38.3 Å². The molecule has 2 N–H and O–H groups in total. The topological polar surface area (TPSA) is 55.6 Å². The van der Waals surface area contributed by atoms with Crippen LogP contribution in [0.4, 0.5) is 8.78 Å². The predicted molar refractivity (Wildman–Crippen MR) is 59.8 cm³/mol. The lowest BCUT2D eigenvalue weighted by Crippen LogP contribution is -2.37. The van der Waals surface area contributed by atoms with Gasteiger partial charge in [0.25, 0.3) is 5.92 Å². The van der Waals surface area contributed by atoms with Gasteiger partial charge in [0.15, 0.2) is 0 Å². The highest BCUT2D eigenvalue weighted by atomic mass is 19.3. The molecule has 0 saturated carbocycles. The zero-order chi connectivity index (χ0) is 12.7. The number of primary amides is 1. The quantitative estimate of drug-likeness (QED) is 0.707. The standard InChI is InChI=1S/C11H18F2N2O2/c12-11(13,4-2-10(14)16)3-1-5-15-6-8-17-9-7-15/h2,4H,1,3,5-9H2,(H2,14,16). The first-order valence-electron chi connectivity index (χ1n) is 5.66. The van der Waals surface area contributed by atoms with Crippen LogP contribution in [0.5, 0.6) is 0 Å². The third kappa shape index (κ3) is 6.33. The Balaban J connectivity index is 2.21. The van der Waals surface area contributed by atoms with Gasteiger partial charge >= 0.3 is 0 Å². The Labute approximate surface area is 99.4 Å². The van der Waals surface area contributed by atoms with Crippen LogP contribution in [0.1, 0.15) is 12.8 Å². The number of ether oxygens (including phenoxy) is 1. The maximum Gasteiger partial charge on any atom is 0.267 e. The fourth-order valence-corrected chi connectivity index (χ4v) is 1.65. The first-order chi connectivity index (χ1) is 7.99. The van der Waals surface area contributed by atoms with Crippen molar-refractivity contribution in [2.45, 2.75) is 18.8 Å². The summed E-state index contributed by atoms with van der Waals surface area (Å²) < 4.78 is 31.6. The first kappa shape index (κ1) is 14.1. The fraction of sp³-hybridized carbons (Fsp3) is 0.727. The average molecular weight is 248 g/mol. The highest BCUT2D eigenvalue weighted by Crippen LogP contribution is 2.22. The van der Waals surface area contributed by atoms with Crippen LogP contribution >= 0.6 is 0 Å². The Bertz CT molecular complexity index is 277. The molecule has 0 radical (unpaired) electrons. The van der Waals surface area contributed by atoms with Crippen LogP contribution in [0.25, 0.3) is 0 Å². The molecule has 1 aliphatic heterocycles. The fourth-order valence-electron chi connectivity index (χ4n) is 1.65. The summed E-state index contributed by atoms with van der Waals surface area (Å²) in [5.74, 6) is -3.81. The Morgan fingerprint density at radius 3 is 2.65 bits per heavy atom. The number of amides is 1. The minimum atomic E-state index is -2.96. The second kappa shape index (κ2) is 6.66. The van der Waals surface area contributed by atoms with Crippen LogP contribution in [0, 0.1) is 0 Å². The zero-order valence-electron chi connectivity index (χ0n) is 9.70. The van der Waals surface area contributed by atoms with E-state index < -0.39 is 11.8 Å². The van der Waals surface area contributed by atoms with Crippen molar-refractivity contribution in [1.29, 1.82) is 0 Å². The van der Waals surface area contributed by atoms with Gasteiger partial charge in [0.2, 0.25) is 5.91 Å². The molecule has 6 heteroatoms. The summed E-state index contributed by atoms with van der Waals surface area (Å²) in [5.41, 5.74) is 4.76. The number of hydrogen-bond acceptors (Lipinski definition) is 3. The molecular weight excluding hydrogens is 230 g/mol. The molecule has 0 atom stereocenters. The number of halogens is 2. The Hall–Kier alpha value is -1.01. The van der Waals surface area contributed by atoms with Crippen molar-refractivity contribution in [3.63, 3.8) is 0 Å². The zero-order valence-corrected chi connectivity index (χ0v) is 9.70. The molecule has 1 amide bonds. The molecule has 0 aromatic heterocycles. The number of carbonyl (C=O) groups is 1. The lowest BCUT2D eigenvalue weighted by atomic mass is 10.1. The summed E-state index contributed by atoms with van der Waals surface area (Å²) in [6.07, 6.45) is 1.41. The number of allylic oxidation sites excluding steroid dienone is 1. The summed E-state index contributed by atoms with van der Waals surface area (Å²) in [6, 6.07) is 0. The molecule has 0 bridgehead atoms. The van der Waals surface area contributed by atoms with Crippen molar-refractivity contribution in [3.05, 3.63) is 12.2 Å². The smallest absolute Gasteiger partial charge is 0.267 e. The van der Waals surface area contributed by atoms with Crippen LogP contribution in [0.15, 0.2) is 12.2 Å². The molecule has 1 heterocycles. The van der Waals surface area contributed by atoms with Gasteiger partial charge in [0, 0.05) is 25.6 Å². The number of morpholine rings is 1. The Morgan fingerprint density at radius 1 is 1.41 bits per heavy atom. The predicted octanol–water partition coefficient (Wildman–Crippen LogP) is 0.776.